The predicted octanol–water partition coefficient (Wildman–Crippen LogP) is 5.41. The minimum absolute atomic E-state index is 0.271. The molecule has 1 aromatic heterocycles. The van der Waals surface area contributed by atoms with Crippen molar-refractivity contribution in [3.05, 3.63) is 30.1 Å². The van der Waals surface area contributed by atoms with Gasteiger partial charge in [0.1, 0.15) is 0 Å². The molecule has 34 heavy (non-hydrogen) atoms. The van der Waals surface area contributed by atoms with Crippen LogP contribution in [-0.4, -0.2) is 58.8 Å². The largest absolute Gasteiger partial charge is 0.392 e. The van der Waals surface area contributed by atoms with E-state index in [1.54, 1.807) is 0 Å². The van der Waals surface area contributed by atoms with Crippen LogP contribution in [-0.2, 0) is 11.3 Å². The molecule has 0 spiro atoms. The lowest BCUT2D eigenvalue weighted by Crippen LogP contribution is -2.74. The molecule has 3 nitrogen and oxygen atoms in total. The molecule has 1 N–H and O–H groups in total. The summed E-state index contributed by atoms with van der Waals surface area (Å²) in [6.07, 6.45) is -4.05. The average Bonchev–Trinajstić information content (AvgIpc) is 2.71. The second-order valence-corrected chi connectivity index (χ2v) is 6.41. The zero-order valence-electron chi connectivity index (χ0n) is 15.5. The maximum Gasteiger partial charge on any atom is 0.392 e. The first kappa shape index (κ1) is 29.5. The summed E-state index contributed by atoms with van der Waals surface area (Å²) in [4.78, 5) is 14.6. The number of nitrogens with one attached hydrogen (secondary N) is 1. The van der Waals surface area contributed by atoms with Gasteiger partial charge in [-0.15, -0.1) is 0 Å². The maximum atomic E-state index is 13.7. The number of aromatic nitrogens is 1. The minimum atomic E-state index is -8.54. The van der Waals surface area contributed by atoms with Crippen molar-refractivity contribution < 1.29 is 75.0 Å². The number of alkyl halides is 16. The standard InChI is InChI=1S/C15H8F16N2O/c16-7(17)9(18,19)11(22,23)13(26,27)15(30,31)14(28,29)12(24,25)10(20,21)8(34)33-5-6-2-1-3-32-4-6/h1-4,7H,5H2,(H,33,34). The van der Waals surface area contributed by atoms with Gasteiger partial charge in [-0.25, -0.2) is 8.78 Å². The normalized spacial score (nSPS) is 15.0. The lowest BCUT2D eigenvalue weighted by Gasteiger charge is -2.42. The van der Waals surface area contributed by atoms with Crippen LogP contribution in [0.4, 0.5) is 70.2 Å². The van der Waals surface area contributed by atoms with Crippen LogP contribution in [0, 0.1) is 0 Å². The quantitative estimate of drug-likeness (QED) is 0.407. The van der Waals surface area contributed by atoms with E-state index in [9.17, 15) is 75.0 Å². The van der Waals surface area contributed by atoms with E-state index < -0.39 is 60.3 Å². The molecular formula is C15H8F16N2O. The Bertz CT molecular complexity index is 870. The van der Waals surface area contributed by atoms with Crippen LogP contribution in [0.2, 0.25) is 0 Å². The summed E-state index contributed by atoms with van der Waals surface area (Å²) < 4.78 is 211. The number of nitrogens with zero attached hydrogens (tertiary/aromatic N) is 1. The molecule has 1 heterocycles. The molecule has 0 saturated heterocycles. The van der Waals surface area contributed by atoms with E-state index in [0.717, 1.165) is 29.8 Å². The zero-order chi connectivity index (χ0) is 27.2. The summed E-state index contributed by atoms with van der Waals surface area (Å²) >= 11 is 0. The fourth-order valence-corrected chi connectivity index (χ4v) is 2.07. The van der Waals surface area contributed by atoms with Gasteiger partial charge in [0, 0.05) is 18.9 Å². The first-order chi connectivity index (χ1) is 14.9. The van der Waals surface area contributed by atoms with Gasteiger partial charge in [-0.05, 0) is 11.6 Å². The highest BCUT2D eigenvalue weighted by molar-refractivity contribution is 5.84. The smallest absolute Gasteiger partial charge is 0.347 e. The third kappa shape index (κ3) is 4.09. The molecule has 1 rings (SSSR count). The number of carbonyl (C=O) groups excluding carboxylic acids is 1. The summed E-state index contributed by atoms with van der Waals surface area (Å²) in [6, 6.07) is 2.07. The number of hydrogen-bond donors (Lipinski definition) is 1. The predicted molar refractivity (Wildman–Crippen MR) is 76.7 cm³/mol. The molecule has 196 valence electrons. The summed E-state index contributed by atoms with van der Waals surface area (Å²) in [7, 11) is 0. The SMILES string of the molecule is O=C(NCc1cccnc1)C(F)(F)C(F)(F)C(F)(F)C(F)(F)C(F)(F)C(F)(F)C(F)(F)C(F)F. The first-order valence-corrected chi connectivity index (χ1v) is 8.04. The second-order valence-electron chi connectivity index (χ2n) is 6.41. The molecular weight excluding hydrogens is 528 g/mol. The number of carbonyl (C=O) groups is 1. The van der Waals surface area contributed by atoms with E-state index in [2.05, 4.69) is 4.98 Å². The summed E-state index contributed by atoms with van der Waals surface area (Å²) in [6.45, 7) is -1.20. The molecule has 0 bridgehead atoms. The molecule has 0 unspecified atom stereocenters. The van der Waals surface area contributed by atoms with Crippen molar-refractivity contribution in [3.63, 3.8) is 0 Å². The summed E-state index contributed by atoms with van der Waals surface area (Å²) in [5.41, 5.74) is -0.271. The Labute approximate surface area is 177 Å². The molecule has 0 atom stereocenters. The van der Waals surface area contributed by atoms with E-state index >= 15 is 0 Å². The number of hydrogen-bond acceptors (Lipinski definition) is 2. The minimum Gasteiger partial charge on any atom is -0.347 e. The van der Waals surface area contributed by atoms with E-state index in [-0.39, 0.29) is 5.56 Å². The lowest BCUT2D eigenvalue weighted by atomic mass is 9.89. The van der Waals surface area contributed by atoms with Crippen LogP contribution in [0.1, 0.15) is 5.56 Å². The zero-order valence-corrected chi connectivity index (χ0v) is 15.5. The Kier molecular flexibility index (Phi) is 7.48. The molecule has 19 heteroatoms. The van der Waals surface area contributed by atoms with Gasteiger partial charge in [0.05, 0.1) is 0 Å². The molecule has 0 aromatic carbocycles. The Hall–Kier alpha value is -2.50. The molecule has 0 fully saturated rings. The fourth-order valence-electron chi connectivity index (χ4n) is 2.07. The van der Waals surface area contributed by atoms with Gasteiger partial charge in [0.25, 0.3) is 5.91 Å². The Morgan fingerprint density at radius 2 is 1.21 bits per heavy atom. The topological polar surface area (TPSA) is 42.0 Å². The van der Waals surface area contributed by atoms with Crippen LogP contribution in [0.15, 0.2) is 24.5 Å². The van der Waals surface area contributed by atoms with Crippen molar-refractivity contribution in [2.75, 3.05) is 0 Å². The van der Waals surface area contributed by atoms with E-state index in [1.807, 2.05) is 0 Å². The van der Waals surface area contributed by atoms with Crippen molar-refractivity contribution >= 4 is 5.91 Å². The molecule has 1 amide bonds. The molecule has 0 aliphatic carbocycles. The molecule has 0 aliphatic heterocycles. The van der Waals surface area contributed by atoms with Gasteiger partial charge in [-0.2, -0.15) is 61.5 Å². The maximum absolute atomic E-state index is 13.7. The second kappa shape index (κ2) is 8.62. The summed E-state index contributed by atoms with van der Waals surface area (Å²) in [5, 5.41) is 0.835. The van der Waals surface area contributed by atoms with Crippen molar-refractivity contribution in [2.24, 2.45) is 0 Å². The fraction of sp³-hybridized carbons (Fsp3) is 0.600. The van der Waals surface area contributed by atoms with E-state index in [1.165, 1.54) is 0 Å². The van der Waals surface area contributed by atoms with Gasteiger partial charge in [0.2, 0.25) is 0 Å². The van der Waals surface area contributed by atoms with Gasteiger partial charge in [-0.1, -0.05) is 6.07 Å². The Morgan fingerprint density at radius 1 is 0.765 bits per heavy atom. The summed E-state index contributed by atoms with van der Waals surface area (Å²) in [5.74, 6) is -59.6. The molecule has 0 saturated carbocycles. The van der Waals surface area contributed by atoms with Crippen LogP contribution < -0.4 is 5.32 Å². The van der Waals surface area contributed by atoms with Gasteiger partial charge < -0.3 is 5.32 Å². The third-order valence-corrected chi connectivity index (χ3v) is 4.13. The lowest BCUT2D eigenvalue weighted by molar-refractivity contribution is -0.443. The van der Waals surface area contributed by atoms with Crippen molar-refractivity contribution in [3.8, 4) is 0 Å². The average molecular weight is 536 g/mol. The molecule has 0 aliphatic rings. The molecule has 0 radical (unpaired) electrons. The number of rotatable bonds is 10. The highest BCUT2D eigenvalue weighted by Crippen LogP contribution is 2.62. The van der Waals surface area contributed by atoms with Crippen molar-refractivity contribution in [2.45, 2.75) is 54.4 Å². The number of halogens is 16. The monoisotopic (exact) mass is 536 g/mol. The van der Waals surface area contributed by atoms with E-state index in [4.69, 9.17) is 0 Å². The molecule has 1 aromatic rings. The van der Waals surface area contributed by atoms with E-state index in [0.29, 0.717) is 0 Å². The van der Waals surface area contributed by atoms with Gasteiger partial charge in [-0.3, -0.25) is 9.78 Å². The number of amides is 1. The number of pyridine rings is 1. The van der Waals surface area contributed by atoms with Crippen LogP contribution in [0.5, 0.6) is 0 Å². The van der Waals surface area contributed by atoms with Gasteiger partial charge >= 0.3 is 47.9 Å². The van der Waals surface area contributed by atoms with Crippen LogP contribution in [0.25, 0.3) is 0 Å². The van der Waals surface area contributed by atoms with Crippen LogP contribution >= 0.6 is 0 Å². The highest BCUT2D eigenvalue weighted by Gasteiger charge is 2.94. The van der Waals surface area contributed by atoms with Crippen molar-refractivity contribution in [1.29, 1.82) is 0 Å². The Balaban J connectivity index is 3.43. The highest BCUT2D eigenvalue weighted by atomic mass is 19.4. The van der Waals surface area contributed by atoms with Crippen LogP contribution in [0.3, 0.4) is 0 Å². The Morgan fingerprint density at radius 3 is 1.62 bits per heavy atom. The van der Waals surface area contributed by atoms with Crippen molar-refractivity contribution in [1.82, 2.24) is 10.3 Å². The van der Waals surface area contributed by atoms with Gasteiger partial charge in [0.15, 0.2) is 0 Å². The third-order valence-electron chi connectivity index (χ3n) is 4.13. The first-order valence-electron chi connectivity index (χ1n) is 8.04.